The number of amides is 1. The maximum absolute atomic E-state index is 12.6. The number of nitrogens with one attached hydrogen (secondary N) is 2. The highest BCUT2D eigenvalue weighted by Gasteiger charge is 2.15. The minimum absolute atomic E-state index is 0.0674. The molecule has 1 amide bonds. The van der Waals surface area contributed by atoms with Gasteiger partial charge in [-0.05, 0) is 49.6 Å². The van der Waals surface area contributed by atoms with Gasteiger partial charge in [-0.25, -0.2) is 8.42 Å². The van der Waals surface area contributed by atoms with Gasteiger partial charge in [0.1, 0.15) is 0 Å². The van der Waals surface area contributed by atoms with Gasteiger partial charge < -0.3 is 5.32 Å². The molecule has 0 heterocycles. The molecule has 5 nitrogen and oxygen atoms in total. The molecule has 0 saturated heterocycles. The Morgan fingerprint density at radius 2 is 1.72 bits per heavy atom. The molecule has 0 aromatic heterocycles. The van der Waals surface area contributed by atoms with Gasteiger partial charge in [-0.15, -0.1) is 0 Å². The van der Waals surface area contributed by atoms with Crippen molar-refractivity contribution in [2.75, 3.05) is 11.0 Å². The van der Waals surface area contributed by atoms with E-state index in [0.717, 1.165) is 18.2 Å². The summed E-state index contributed by atoms with van der Waals surface area (Å²) < 4.78 is 25.1. The molecule has 2 aromatic rings. The lowest BCUT2D eigenvalue weighted by Gasteiger charge is -2.18. The van der Waals surface area contributed by atoms with Crippen LogP contribution in [0.5, 0.6) is 0 Å². The Kier molecular flexibility index (Phi) is 5.85. The summed E-state index contributed by atoms with van der Waals surface area (Å²) in [5.74, 6) is -0.179. The molecule has 134 valence electrons. The monoisotopic (exact) mass is 360 g/mol. The van der Waals surface area contributed by atoms with E-state index in [9.17, 15) is 13.2 Å². The minimum atomic E-state index is -3.35. The second-order valence-electron chi connectivity index (χ2n) is 6.25. The Hall–Kier alpha value is -2.34. The van der Waals surface area contributed by atoms with E-state index in [1.165, 1.54) is 5.56 Å². The van der Waals surface area contributed by atoms with E-state index >= 15 is 0 Å². The van der Waals surface area contributed by atoms with Crippen molar-refractivity contribution >= 4 is 21.6 Å². The van der Waals surface area contributed by atoms with Crippen molar-refractivity contribution in [1.82, 2.24) is 5.32 Å². The molecule has 0 radical (unpaired) electrons. The molecule has 1 atom stereocenters. The fraction of sp³-hybridized carbons (Fsp3) is 0.316. The summed E-state index contributed by atoms with van der Waals surface area (Å²) in [5.41, 5.74) is 3.91. The van der Waals surface area contributed by atoms with E-state index in [2.05, 4.69) is 10.0 Å². The molecular weight excluding hydrogens is 336 g/mol. The molecule has 0 aliphatic rings. The molecule has 0 fully saturated rings. The van der Waals surface area contributed by atoms with Crippen LogP contribution >= 0.6 is 0 Å². The van der Waals surface area contributed by atoms with Gasteiger partial charge in [0, 0.05) is 5.56 Å². The summed E-state index contributed by atoms with van der Waals surface area (Å²) in [5, 5.41) is 3.04. The van der Waals surface area contributed by atoms with Crippen LogP contribution in [0.2, 0.25) is 0 Å². The molecule has 2 aromatic carbocycles. The quantitative estimate of drug-likeness (QED) is 0.827. The second kappa shape index (κ2) is 7.70. The van der Waals surface area contributed by atoms with Crippen molar-refractivity contribution in [3.05, 3.63) is 64.7 Å². The predicted octanol–water partition coefficient (Wildman–Crippen LogP) is 3.56. The average Bonchev–Trinajstić information content (AvgIpc) is 2.54. The Morgan fingerprint density at radius 3 is 2.24 bits per heavy atom. The van der Waals surface area contributed by atoms with Gasteiger partial charge in [0.15, 0.2) is 0 Å². The van der Waals surface area contributed by atoms with Gasteiger partial charge >= 0.3 is 0 Å². The van der Waals surface area contributed by atoms with E-state index in [1.54, 1.807) is 25.1 Å². The summed E-state index contributed by atoms with van der Waals surface area (Å²) in [4.78, 5) is 12.6. The number of hydrogen-bond acceptors (Lipinski definition) is 3. The van der Waals surface area contributed by atoms with Crippen molar-refractivity contribution in [3.63, 3.8) is 0 Å². The van der Waals surface area contributed by atoms with Gasteiger partial charge in [-0.3, -0.25) is 9.52 Å². The lowest BCUT2D eigenvalue weighted by Crippen LogP contribution is -2.28. The van der Waals surface area contributed by atoms with Crippen LogP contribution in [0.3, 0.4) is 0 Å². The molecule has 0 unspecified atom stereocenters. The fourth-order valence-corrected chi connectivity index (χ4v) is 3.21. The second-order valence-corrected chi connectivity index (χ2v) is 8.00. The summed E-state index contributed by atoms with van der Waals surface area (Å²) in [6.45, 7) is 5.81. The molecule has 25 heavy (non-hydrogen) atoms. The number of sulfonamides is 1. The van der Waals surface area contributed by atoms with Gasteiger partial charge in [0.25, 0.3) is 5.91 Å². The Balaban J connectivity index is 2.16. The van der Waals surface area contributed by atoms with E-state index in [-0.39, 0.29) is 11.9 Å². The van der Waals surface area contributed by atoms with Crippen molar-refractivity contribution in [2.45, 2.75) is 33.2 Å². The van der Waals surface area contributed by atoms with Crippen molar-refractivity contribution in [1.29, 1.82) is 0 Å². The lowest BCUT2D eigenvalue weighted by atomic mass is 10.0. The molecule has 0 spiro atoms. The highest BCUT2D eigenvalue weighted by Crippen LogP contribution is 2.20. The Morgan fingerprint density at radius 1 is 1.08 bits per heavy atom. The van der Waals surface area contributed by atoms with Gasteiger partial charge in [-0.2, -0.15) is 0 Å². The number of anilines is 1. The maximum atomic E-state index is 12.6. The summed E-state index contributed by atoms with van der Waals surface area (Å²) >= 11 is 0. The standard InChI is InChI=1S/C19H24N2O3S/c1-5-17(15-8-6-13(2)7-9-15)20-19(22)16-10-11-18(14(3)12-16)21-25(4,23)24/h6-12,17,21H,5H2,1-4H3,(H,20,22)/t17-/m0/s1. The first-order chi connectivity index (χ1) is 11.7. The zero-order chi connectivity index (χ0) is 18.6. The zero-order valence-electron chi connectivity index (χ0n) is 15.0. The highest BCUT2D eigenvalue weighted by molar-refractivity contribution is 7.92. The van der Waals surface area contributed by atoms with Gasteiger partial charge in [0.2, 0.25) is 10.0 Å². The third-order valence-electron chi connectivity index (χ3n) is 3.98. The van der Waals surface area contributed by atoms with E-state index < -0.39 is 10.0 Å². The average molecular weight is 360 g/mol. The van der Waals surface area contributed by atoms with Gasteiger partial charge in [0.05, 0.1) is 18.0 Å². The first-order valence-corrected chi connectivity index (χ1v) is 10.0. The number of aryl methyl sites for hydroxylation is 2. The largest absolute Gasteiger partial charge is 0.345 e. The number of benzene rings is 2. The SMILES string of the molecule is CC[C@H](NC(=O)c1ccc(NS(C)(=O)=O)c(C)c1)c1ccc(C)cc1. The number of hydrogen-bond donors (Lipinski definition) is 2. The molecule has 0 bridgehead atoms. The Bertz CT molecular complexity index is 859. The van der Waals surface area contributed by atoms with Crippen LogP contribution in [-0.2, 0) is 10.0 Å². The van der Waals surface area contributed by atoms with E-state index in [0.29, 0.717) is 16.8 Å². The molecule has 0 saturated carbocycles. The fourth-order valence-electron chi connectivity index (χ4n) is 2.58. The number of rotatable bonds is 6. The van der Waals surface area contributed by atoms with Crippen molar-refractivity contribution < 1.29 is 13.2 Å². The normalized spacial score (nSPS) is 12.5. The topological polar surface area (TPSA) is 75.3 Å². The third kappa shape index (κ3) is 5.32. The van der Waals surface area contributed by atoms with Crippen LogP contribution < -0.4 is 10.0 Å². The predicted molar refractivity (Wildman–Crippen MR) is 101 cm³/mol. The van der Waals surface area contributed by atoms with Crippen LogP contribution in [0.1, 0.15) is 46.4 Å². The lowest BCUT2D eigenvalue weighted by molar-refractivity contribution is 0.0935. The number of carbonyl (C=O) groups excluding carboxylic acids is 1. The van der Waals surface area contributed by atoms with E-state index in [1.807, 2.05) is 38.1 Å². The van der Waals surface area contributed by atoms with E-state index in [4.69, 9.17) is 0 Å². The minimum Gasteiger partial charge on any atom is -0.345 e. The highest BCUT2D eigenvalue weighted by atomic mass is 32.2. The molecular formula is C19H24N2O3S. The summed E-state index contributed by atoms with van der Waals surface area (Å²) in [6, 6.07) is 12.9. The first kappa shape index (κ1) is 19.0. The molecule has 6 heteroatoms. The van der Waals surface area contributed by atoms with Gasteiger partial charge in [-0.1, -0.05) is 36.8 Å². The number of carbonyl (C=O) groups is 1. The van der Waals surface area contributed by atoms with Crippen molar-refractivity contribution in [3.8, 4) is 0 Å². The first-order valence-electron chi connectivity index (χ1n) is 8.15. The smallest absolute Gasteiger partial charge is 0.251 e. The molecule has 0 aliphatic heterocycles. The molecule has 2 N–H and O–H groups in total. The van der Waals surface area contributed by atoms with Crippen LogP contribution in [-0.4, -0.2) is 20.6 Å². The third-order valence-corrected chi connectivity index (χ3v) is 4.57. The Labute approximate surface area is 149 Å². The summed E-state index contributed by atoms with van der Waals surface area (Å²) in [6.07, 6.45) is 1.88. The summed E-state index contributed by atoms with van der Waals surface area (Å²) in [7, 11) is -3.35. The van der Waals surface area contributed by atoms with Crippen LogP contribution in [0.25, 0.3) is 0 Å². The molecule has 2 rings (SSSR count). The zero-order valence-corrected chi connectivity index (χ0v) is 15.8. The van der Waals surface area contributed by atoms with Crippen LogP contribution in [0, 0.1) is 13.8 Å². The molecule has 0 aliphatic carbocycles. The maximum Gasteiger partial charge on any atom is 0.251 e. The van der Waals surface area contributed by atoms with Crippen LogP contribution in [0.15, 0.2) is 42.5 Å². The van der Waals surface area contributed by atoms with Crippen molar-refractivity contribution in [2.24, 2.45) is 0 Å². The van der Waals surface area contributed by atoms with Crippen LogP contribution in [0.4, 0.5) is 5.69 Å².